The number of ether oxygens (including phenoxy) is 1. The molecule has 0 aliphatic heterocycles. The smallest absolute Gasteiger partial charge is 0.264 e. The van der Waals surface area contributed by atoms with Gasteiger partial charge in [0, 0.05) is 16.0 Å². The zero-order valence-corrected chi connectivity index (χ0v) is 17.1. The quantitative estimate of drug-likeness (QED) is 0.515. The van der Waals surface area contributed by atoms with Gasteiger partial charge in [0.05, 0.1) is 10.2 Å². The van der Waals surface area contributed by atoms with Gasteiger partial charge in [-0.05, 0) is 52.2 Å². The lowest BCUT2D eigenvalue weighted by Crippen LogP contribution is -2.20. The number of nitrogens with zero attached hydrogens (tertiary/aromatic N) is 1. The van der Waals surface area contributed by atoms with Crippen molar-refractivity contribution in [2.45, 2.75) is 13.3 Å². The van der Waals surface area contributed by atoms with Crippen LogP contribution in [0.15, 0.2) is 52.3 Å². The second kappa shape index (κ2) is 8.66. The van der Waals surface area contributed by atoms with E-state index in [0.717, 1.165) is 22.2 Å². The Labute approximate surface area is 169 Å². The molecule has 0 aliphatic rings. The molecule has 0 unspecified atom stereocenters. The lowest BCUT2D eigenvalue weighted by molar-refractivity contribution is -0.118. The van der Waals surface area contributed by atoms with Gasteiger partial charge in [0.25, 0.3) is 5.91 Å². The second-order valence-electron chi connectivity index (χ2n) is 5.50. The monoisotopic (exact) mass is 450 g/mol. The molecule has 0 bridgehead atoms. The van der Waals surface area contributed by atoms with Crippen molar-refractivity contribution in [3.8, 4) is 17.0 Å². The third-order valence-electron chi connectivity index (χ3n) is 3.65. The molecule has 4 nitrogen and oxygen atoms in total. The van der Waals surface area contributed by atoms with Gasteiger partial charge in [-0.15, -0.1) is 11.3 Å². The molecule has 0 spiro atoms. The molecule has 7 heteroatoms. The molecule has 0 atom stereocenters. The van der Waals surface area contributed by atoms with Crippen molar-refractivity contribution in [3.05, 3.63) is 62.9 Å². The van der Waals surface area contributed by atoms with Crippen LogP contribution in [0.1, 0.15) is 12.5 Å². The highest BCUT2D eigenvalue weighted by Gasteiger charge is 2.10. The maximum atomic E-state index is 12.1. The molecule has 1 amide bonds. The molecule has 3 aromatic rings. The van der Waals surface area contributed by atoms with Gasteiger partial charge in [-0.1, -0.05) is 36.7 Å². The van der Waals surface area contributed by atoms with E-state index in [2.05, 4.69) is 33.2 Å². The summed E-state index contributed by atoms with van der Waals surface area (Å²) in [6.45, 7) is 2.00. The van der Waals surface area contributed by atoms with E-state index in [0.29, 0.717) is 15.9 Å². The Morgan fingerprint density at radius 3 is 2.73 bits per heavy atom. The van der Waals surface area contributed by atoms with Crippen molar-refractivity contribution >= 4 is 49.9 Å². The van der Waals surface area contributed by atoms with Crippen LogP contribution in [0.25, 0.3) is 11.3 Å². The Morgan fingerprint density at radius 1 is 1.27 bits per heavy atom. The number of halogens is 2. The first kappa shape index (κ1) is 18.9. The minimum Gasteiger partial charge on any atom is -0.483 e. The van der Waals surface area contributed by atoms with E-state index in [1.807, 2.05) is 47.8 Å². The SMILES string of the molecule is CCc1ccc(OCC(=O)Nc2nc(-c3ccc(Cl)cc3)cs2)c(Br)c1. The maximum Gasteiger partial charge on any atom is 0.264 e. The normalized spacial score (nSPS) is 10.6. The fourth-order valence-electron chi connectivity index (χ4n) is 2.26. The fraction of sp³-hybridized carbons (Fsp3) is 0.158. The summed E-state index contributed by atoms with van der Waals surface area (Å²) >= 11 is 10.7. The van der Waals surface area contributed by atoms with Crippen LogP contribution in [0.5, 0.6) is 5.75 Å². The highest BCUT2D eigenvalue weighted by atomic mass is 79.9. The van der Waals surface area contributed by atoms with Gasteiger partial charge in [0.2, 0.25) is 0 Å². The number of aryl methyl sites for hydroxylation is 1. The summed E-state index contributed by atoms with van der Waals surface area (Å²) < 4.78 is 6.42. The zero-order valence-electron chi connectivity index (χ0n) is 14.0. The highest BCUT2D eigenvalue weighted by Crippen LogP contribution is 2.27. The number of anilines is 1. The molecule has 0 saturated carbocycles. The summed E-state index contributed by atoms with van der Waals surface area (Å²) in [4.78, 5) is 16.5. The fourth-order valence-corrected chi connectivity index (χ4v) is 3.67. The number of benzene rings is 2. The molecule has 0 fully saturated rings. The third kappa shape index (κ3) is 4.84. The lowest BCUT2D eigenvalue weighted by Gasteiger charge is -2.09. The van der Waals surface area contributed by atoms with Crippen molar-refractivity contribution in [3.63, 3.8) is 0 Å². The van der Waals surface area contributed by atoms with Crippen LogP contribution in [0.2, 0.25) is 5.02 Å². The number of aromatic nitrogens is 1. The van der Waals surface area contributed by atoms with E-state index in [9.17, 15) is 4.79 Å². The van der Waals surface area contributed by atoms with E-state index >= 15 is 0 Å². The van der Waals surface area contributed by atoms with E-state index in [-0.39, 0.29) is 12.5 Å². The van der Waals surface area contributed by atoms with Crippen molar-refractivity contribution in [2.24, 2.45) is 0 Å². The summed E-state index contributed by atoms with van der Waals surface area (Å²) in [7, 11) is 0. The van der Waals surface area contributed by atoms with Gasteiger partial charge in [-0.2, -0.15) is 0 Å². The topological polar surface area (TPSA) is 51.2 Å². The Balaban J connectivity index is 1.58. The molecule has 1 N–H and O–H groups in total. The molecule has 2 aromatic carbocycles. The highest BCUT2D eigenvalue weighted by molar-refractivity contribution is 9.10. The Morgan fingerprint density at radius 2 is 2.04 bits per heavy atom. The predicted molar refractivity (Wildman–Crippen MR) is 110 cm³/mol. The molecule has 0 saturated heterocycles. The van der Waals surface area contributed by atoms with E-state index in [1.165, 1.54) is 16.9 Å². The van der Waals surface area contributed by atoms with Gasteiger partial charge in [-0.3, -0.25) is 10.1 Å². The van der Waals surface area contributed by atoms with Gasteiger partial charge in [-0.25, -0.2) is 4.98 Å². The van der Waals surface area contributed by atoms with Crippen LogP contribution < -0.4 is 10.1 Å². The standard InChI is InChI=1S/C19H16BrClN2O2S/c1-2-12-3-8-17(15(20)9-12)25-10-18(24)23-19-22-16(11-26-19)13-4-6-14(21)7-5-13/h3-9,11H,2,10H2,1H3,(H,22,23,24). The average molecular weight is 452 g/mol. The summed E-state index contributed by atoms with van der Waals surface area (Å²) in [5.41, 5.74) is 2.94. The van der Waals surface area contributed by atoms with E-state index < -0.39 is 0 Å². The molecule has 134 valence electrons. The number of carbonyl (C=O) groups excluding carboxylic acids is 1. The summed E-state index contributed by atoms with van der Waals surface area (Å²) in [6, 6.07) is 13.2. The average Bonchev–Trinajstić information content (AvgIpc) is 3.09. The molecule has 0 aliphatic carbocycles. The molecular weight excluding hydrogens is 436 g/mol. The number of amides is 1. The predicted octanol–water partition coefficient (Wildman–Crippen LogP) is 5.81. The molecule has 3 rings (SSSR count). The van der Waals surface area contributed by atoms with Gasteiger partial charge >= 0.3 is 0 Å². The first-order valence-corrected chi connectivity index (χ1v) is 10.0. The van der Waals surface area contributed by atoms with Gasteiger partial charge < -0.3 is 4.74 Å². The number of nitrogens with one attached hydrogen (secondary N) is 1. The second-order valence-corrected chi connectivity index (χ2v) is 7.65. The van der Waals surface area contributed by atoms with Crippen molar-refractivity contribution in [1.29, 1.82) is 0 Å². The first-order valence-electron chi connectivity index (χ1n) is 7.97. The first-order chi connectivity index (χ1) is 12.5. The van der Waals surface area contributed by atoms with Crippen LogP contribution in [-0.2, 0) is 11.2 Å². The summed E-state index contributed by atoms with van der Waals surface area (Å²) in [6.07, 6.45) is 0.944. The van der Waals surface area contributed by atoms with Crippen LogP contribution in [0.3, 0.4) is 0 Å². The van der Waals surface area contributed by atoms with E-state index in [4.69, 9.17) is 16.3 Å². The molecule has 0 radical (unpaired) electrons. The maximum absolute atomic E-state index is 12.1. The minimum absolute atomic E-state index is 0.0834. The van der Waals surface area contributed by atoms with Crippen LogP contribution in [-0.4, -0.2) is 17.5 Å². The third-order valence-corrected chi connectivity index (χ3v) is 5.28. The van der Waals surface area contributed by atoms with Crippen molar-refractivity contribution in [2.75, 3.05) is 11.9 Å². The van der Waals surface area contributed by atoms with E-state index in [1.54, 1.807) is 0 Å². The molecular formula is C19H16BrClN2O2S. The number of rotatable bonds is 6. The van der Waals surface area contributed by atoms with Crippen molar-refractivity contribution < 1.29 is 9.53 Å². The molecule has 1 aromatic heterocycles. The lowest BCUT2D eigenvalue weighted by atomic mass is 10.2. The van der Waals surface area contributed by atoms with Crippen LogP contribution in [0.4, 0.5) is 5.13 Å². The Hall–Kier alpha value is -1.89. The summed E-state index contributed by atoms with van der Waals surface area (Å²) in [5.74, 6) is 0.381. The number of hydrogen-bond acceptors (Lipinski definition) is 4. The molecule has 1 heterocycles. The van der Waals surface area contributed by atoms with Crippen LogP contribution in [0, 0.1) is 0 Å². The Kier molecular flexibility index (Phi) is 6.29. The number of carbonyl (C=O) groups is 1. The van der Waals surface area contributed by atoms with Crippen LogP contribution >= 0.6 is 38.9 Å². The minimum atomic E-state index is -0.256. The summed E-state index contributed by atoms with van der Waals surface area (Å²) in [5, 5.41) is 5.85. The Bertz CT molecular complexity index is 912. The zero-order chi connectivity index (χ0) is 18.5. The number of hydrogen-bond donors (Lipinski definition) is 1. The van der Waals surface area contributed by atoms with Gasteiger partial charge in [0.15, 0.2) is 11.7 Å². The molecule has 26 heavy (non-hydrogen) atoms. The van der Waals surface area contributed by atoms with Crippen molar-refractivity contribution in [1.82, 2.24) is 4.98 Å². The van der Waals surface area contributed by atoms with Gasteiger partial charge in [0.1, 0.15) is 5.75 Å². The largest absolute Gasteiger partial charge is 0.483 e. The number of thiazole rings is 1.